The van der Waals surface area contributed by atoms with Crippen LogP contribution in [-0.4, -0.2) is 42.4 Å². The Labute approximate surface area is 74.7 Å². The zero-order chi connectivity index (χ0) is 10.5. The quantitative estimate of drug-likeness (QED) is 0.496. The van der Waals surface area contributed by atoms with Gasteiger partial charge in [0.15, 0.2) is 5.60 Å². The summed E-state index contributed by atoms with van der Waals surface area (Å²) in [4.78, 5) is 31.2. The second-order valence-corrected chi connectivity index (χ2v) is 2.43. The van der Waals surface area contributed by atoms with Crippen LogP contribution in [0.2, 0.25) is 0 Å². The van der Waals surface area contributed by atoms with Gasteiger partial charge in [-0.2, -0.15) is 0 Å². The Kier molecular flexibility index (Phi) is 4.22. The molecule has 6 nitrogen and oxygen atoms in total. The molecule has 0 aliphatic heterocycles. The molecule has 0 aliphatic rings. The van der Waals surface area contributed by atoms with Crippen LogP contribution in [0.1, 0.15) is 6.42 Å². The summed E-state index contributed by atoms with van der Waals surface area (Å²) in [5.74, 6) is -1.43. The average molecular weight is 189 g/mol. The van der Waals surface area contributed by atoms with Crippen LogP contribution in [0.4, 0.5) is 0 Å². The lowest BCUT2D eigenvalue weighted by atomic mass is 9.92. The Morgan fingerprint density at radius 1 is 1.69 bits per heavy atom. The number of aldehydes is 2. The smallest absolute Gasteiger partial charge is 0.338 e. The molecule has 0 aromatic carbocycles. The summed E-state index contributed by atoms with van der Waals surface area (Å²) in [6.45, 7) is 0. The van der Waals surface area contributed by atoms with Gasteiger partial charge in [-0.1, -0.05) is 0 Å². The third-order valence-electron chi connectivity index (χ3n) is 1.80. The summed E-state index contributed by atoms with van der Waals surface area (Å²) in [5.41, 5.74) is 3.28. The number of hydrogen-bond donors (Lipinski definition) is 2. The molecule has 0 aromatic heterocycles. The summed E-state index contributed by atoms with van der Waals surface area (Å²) in [7, 11) is 1.08. The van der Waals surface area contributed by atoms with Gasteiger partial charge in [-0.05, 0) is 0 Å². The minimum absolute atomic E-state index is 0.237. The number of nitrogens with two attached hydrogens (primary N) is 1. The third kappa shape index (κ3) is 2.10. The molecule has 0 rings (SSSR count). The first-order chi connectivity index (χ1) is 6.05. The Hall–Kier alpha value is -1.27. The first-order valence-corrected chi connectivity index (χ1v) is 3.48. The maximum absolute atomic E-state index is 10.7. The molecule has 0 saturated heterocycles. The van der Waals surface area contributed by atoms with Crippen LogP contribution in [0.5, 0.6) is 0 Å². The SMILES string of the molecule is COC(CC=O)(C(=O)O)C(N)C=O. The number of carboxylic acid groups (broad SMARTS) is 1. The van der Waals surface area contributed by atoms with Gasteiger partial charge >= 0.3 is 5.97 Å². The number of carboxylic acids is 1. The molecule has 0 spiro atoms. The van der Waals surface area contributed by atoms with E-state index in [2.05, 4.69) is 4.74 Å². The van der Waals surface area contributed by atoms with E-state index in [-0.39, 0.29) is 6.29 Å². The van der Waals surface area contributed by atoms with Crippen LogP contribution in [0.15, 0.2) is 0 Å². The predicted octanol–water partition coefficient (Wildman–Crippen LogP) is -1.43. The molecule has 3 N–H and O–H groups in total. The van der Waals surface area contributed by atoms with Gasteiger partial charge in [-0.15, -0.1) is 0 Å². The molecular formula is C7H11NO5. The highest BCUT2D eigenvalue weighted by atomic mass is 16.5. The number of aliphatic carboxylic acids is 1. The van der Waals surface area contributed by atoms with Gasteiger partial charge in [0.25, 0.3) is 0 Å². The molecule has 0 bridgehead atoms. The average Bonchev–Trinajstić information content (AvgIpc) is 2.12. The van der Waals surface area contributed by atoms with E-state index in [9.17, 15) is 14.4 Å². The molecule has 0 amide bonds. The van der Waals surface area contributed by atoms with Gasteiger partial charge in [-0.3, -0.25) is 0 Å². The van der Waals surface area contributed by atoms with E-state index in [1.54, 1.807) is 0 Å². The van der Waals surface area contributed by atoms with Crippen molar-refractivity contribution in [1.29, 1.82) is 0 Å². The monoisotopic (exact) mass is 189 g/mol. The fraction of sp³-hybridized carbons (Fsp3) is 0.571. The highest BCUT2D eigenvalue weighted by Crippen LogP contribution is 2.17. The third-order valence-corrected chi connectivity index (χ3v) is 1.80. The van der Waals surface area contributed by atoms with Crippen LogP contribution in [0.25, 0.3) is 0 Å². The number of methoxy groups -OCH3 is 1. The van der Waals surface area contributed by atoms with E-state index in [1.807, 2.05) is 0 Å². The first kappa shape index (κ1) is 11.7. The molecule has 2 atom stereocenters. The lowest BCUT2D eigenvalue weighted by Crippen LogP contribution is -2.56. The normalized spacial score (nSPS) is 17.1. The minimum atomic E-state index is -1.94. The lowest BCUT2D eigenvalue weighted by Gasteiger charge is -2.28. The lowest BCUT2D eigenvalue weighted by molar-refractivity contribution is -0.167. The fourth-order valence-corrected chi connectivity index (χ4v) is 0.906. The van der Waals surface area contributed by atoms with E-state index in [0.29, 0.717) is 6.29 Å². The molecule has 13 heavy (non-hydrogen) atoms. The Morgan fingerprint density at radius 3 is 2.46 bits per heavy atom. The summed E-state index contributed by atoms with van der Waals surface area (Å²) >= 11 is 0. The van der Waals surface area contributed by atoms with Gasteiger partial charge in [0.1, 0.15) is 18.6 Å². The van der Waals surface area contributed by atoms with Gasteiger partial charge in [0.05, 0.1) is 0 Å². The zero-order valence-corrected chi connectivity index (χ0v) is 7.10. The number of carbonyl (C=O) groups is 3. The van der Waals surface area contributed by atoms with E-state index < -0.39 is 24.0 Å². The van der Waals surface area contributed by atoms with Crippen LogP contribution in [0.3, 0.4) is 0 Å². The molecule has 0 aromatic rings. The number of rotatable bonds is 6. The van der Waals surface area contributed by atoms with Crippen molar-refractivity contribution in [3.8, 4) is 0 Å². The molecule has 0 aliphatic carbocycles. The molecule has 0 radical (unpaired) electrons. The highest BCUT2D eigenvalue weighted by molar-refractivity contribution is 5.86. The molecule has 2 unspecified atom stereocenters. The van der Waals surface area contributed by atoms with E-state index in [0.717, 1.165) is 7.11 Å². The van der Waals surface area contributed by atoms with Gasteiger partial charge in [0, 0.05) is 13.5 Å². The Morgan fingerprint density at radius 2 is 2.23 bits per heavy atom. The maximum atomic E-state index is 10.7. The molecule has 0 heterocycles. The highest BCUT2D eigenvalue weighted by Gasteiger charge is 2.44. The number of carbonyl (C=O) groups excluding carboxylic acids is 2. The molecule has 6 heteroatoms. The summed E-state index contributed by atoms with van der Waals surface area (Å²) < 4.78 is 4.61. The number of hydrogen-bond acceptors (Lipinski definition) is 5. The summed E-state index contributed by atoms with van der Waals surface area (Å²) in [6.07, 6.45) is 0.126. The van der Waals surface area contributed by atoms with Gasteiger partial charge in [0.2, 0.25) is 0 Å². The molecule has 0 fully saturated rings. The van der Waals surface area contributed by atoms with Gasteiger partial charge < -0.3 is 25.2 Å². The van der Waals surface area contributed by atoms with Gasteiger partial charge in [-0.25, -0.2) is 4.79 Å². The summed E-state index contributed by atoms with van der Waals surface area (Å²) in [6, 6.07) is -1.36. The first-order valence-electron chi connectivity index (χ1n) is 3.48. The molecule has 74 valence electrons. The van der Waals surface area contributed by atoms with Crippen LogP contribution >= 0.6 is 0 Å². The van der Waals surface area contributed by atoms with Crippen molar-refractivity contribution >= 4 is 18.5 Å². The second kappa shape index (κ2) is 4.68. The van der Waals surface area contributed by atoms with Crippen molar-refractivity contribution < 1.29 is 24.2 Å². The van der Waals surface area contributed by atoms with Crippen molar-refractivity contribution in [2.75, 3.05) is 7.11 Å². The van der Waals surface area contributed by atoms with Crippen LogP contribution in [-0.2, 0) is 19.1 Å². The van der Waals surface area contributed by atoms with Crippen LogP contribution in [0, 0.1) is 0 Å². The molecule has 0 saturated carbocycles. The van der Waals surface area contributed by atoms with Crippen molar-refractivity contribution in [2.24, 2.45) is 5.73 Å². The van der Waals surface area contributed by atoms with E-state index in [1.165, 1.54) is 0 Å². The number of ether oxygens (including phenoxy) is 1. The molecular weight excluding hydrogens is 178 g/mol. The summed E-state index contributed by atoms with van der Waals surface area (Å²) in [5, 5.41) is 8.73. The van der Waals surface area contributed by atoms with E-state index in [4.69, 9.17) is 10.8 Å². The van der Waals surface area contributed by atoms with E-state index >= 15 is 0 Å². The van der Waals surface area contributed by atoms with Crippen molar-refractivity contribution in [3.63, 3.8) is 0 Å². The van der Waals surface area contributed by atoms with Crippen molar-refractivity contribution in [1.82, 2.24) is 0 Å². The Balaban J connectivity index is 4.94. The van der Waals surface area contributed by atoms with Crippen molar-refractivity contribution in [2.45, 2.75) is 18.1 Å². The standard InChI is InChI=1S/C7H11NO5/c1-13-7(2-3-9,6(11)12)5(8)4-10/h3-5H,2,8H2,1H3,(H,11,12). The maximum Gasteiger partial charge on any atom is 0.338 e. The topological polar surface area (TPSA) is 107 Å². The second-order valence-electron chi connectivity index (χ2n) is 2.43. The largest absolute Gasteiger partial charge is 0.479 e. The zero-order valence-electron chi connectivity index (χ0n) is 7.10. The Bertz CT molecular complexity index is 217. The minimum Gasteiger partial charge on any atom is -0.479 e. The predicted molar refractivity (Wildman–Crippen MR) is 42.1 cm³/mol. The fourth-order valence-electron chi connectivity index (χ4n) is 0.906. The van der Waals surface area contributed by atoms with Crippen LogP contribution < -0.4 is 5.73 Å². The van der Waals surface area contributed by atoms with Crippen molar-refractivity contribution in [3.05, 3.63) is 0 Å².